The smallest absolute Gasteiger partial charge is 0.337 e. The second kappa shape index (κ2) is 14.1. The average molecular weight is 640 g/mol. The summed E-state index contributed by atoms with van der Waals surface area (Å²) < 4.78 is 25.6. The van der Waals surface area contributed by atoms with Crippen molar-refractivity contribution in [2.45, 2.75) is 72.5 Å². The third-order valence-electron chi connectivity index (χ3n) is 8.54. The van der Waals surface area contributed by atoms with Crippen LogP contribution in [0.1, 0.15) is 70.4 Å². The number of aryl methyl sites for hydroxylation is 1. The minimum atomic E-state index is -1.22. The molecule has 7 nitrogen and oxygen atoms in total. The predicted molar refractivity (Wildman–Crippen MR) is 186 cm³/mol. The number of carboxylic acids is 1. The number of para-hydroxylation sites is 1. The van der Waals surface area contributed by atoms with Gasteiger partial charge in [0.15, 0.2) is 6.10 Å². The van der Waals surface area contributed by atoms with Crippen molar-refractivity contribution in [3.63, 3.8) is 0 Å². The molecule has 1 fully saturated rings. The summed E-state index contributed by atoms with van der Waals surface area (Å²) in [6, 6.07) is 24.2. The van der Waals surface area contributed by atoms with E-state index < -0.39 is 17.7 Å². The number of benzene rings is 3. The van der Waals surface area contributed by atoms with Crippen molar-refractivity contribution >= 4 is 23.2 Å². The number of piperidine rings is 1. The van der Waals surface area contributed by atoms with Crippen LogP contribution in [0.15, 0.2) is 78.9 Å². The molecule has 1 aliphatic rings. The fourth-order valence-electron chi connectivity index (χ4n) is 5.94. The Balaban J connectivity index is 1.61. The van der Waals surface area contributed by atoms with Gasteiger partial charge >= 0.3 is 5.97 Å². The zero-order valence-corrected chi connectivity index (χ0v) is 28.3. The molecule has 0 amide bonds. The molecule has 1 aromatic heterocycles. The van der Waals surface area contributed by atoms with Gasteiger partial charge in [0.2, 0.25) is 0 Å². The minimum absolute atomic E-state index is 0.186. The van der Waals surface area contributed by atoms with Crippen LogP contribution in [0.4, 0.5) is 21.6 Å². The fraction of sp³-hybridized carbons (Fsp3) is 0.385. The largest absolute Gasteiger partial charge is 0.493 e. The number of pyridine rings is 1. The van der Waals surface area contributed by atoms with E-state index in [2.05, 4.69) is 24.1 Å². The fourth-order valence-corrected chi connectivity index (χ4v) is 5.94. The Morgan fingerprint density at radius 1 is 1.00 bits per heavy atom. The van der Waals surface area contributed by atoms with Crippen LogP contribution in [-0.4, -0.2) is 41.4 Å². The van der Waals surface area contributed by atoms with Crippen LogP contribution >= 0.6 is 0 Å². The molecule has 3 aromatic carbocycles. The highest BCUT2D eigenvalue weighted by Crippen LogP contribution is 2.47. The number of nitrogens with zero attached hydrogens (tertiary/aromatic N) is 2. The number of aromatic nitrogens is 1. The molecule has 47 heavy (non-hydrogen) atoms. The van der Waals surface area contributed by atoms with E-state index in [1.165, 1.54) is 12.1 Å². The molecule has 0 bridgehead atoms. The van der Waals surface area contributed by atoms with Crippen LogP contribution in [0.3, 0.4) is 0 Å². The van der Waals surface area contributed by atoms with E-state index in [1.807, 2.05) is 82.3 Å². The SMILES string of the molecule is Cc1nc(Nc2ccccc2)c(-c2ccc(OCCc3ccc(F)cc3)cc2)c(N2CCC(C)(C)CC2)c1C(OC(C)(C)C)C(=O)O. The normalized spacial score (nSPS) is 15.3. The molecule has 0 spiro atoms. The maximum atomic E-state index is 13.3. The third kappa shape index (κ3) is 8.69. The molecule has 1 atom stereocenters. The summed E-state index contributed by atoms with van der Waals surface area (Å²) in [7, 11) is 0. The lowest BCUT2D eigenvalue weighted by Gasteiger charge is -2.41. The lowest BCUT2D eigenvalue weighted by atomic mass is 9.82. The van der Waals surface area contributed by atoms with E-state index in [0.29, 0.717) is 35.9 Å². The molecule has 1 saturated heterocycles. The van der Waals surface area contributed by atoms with Crippen LogP contribution < -0.4 is 15.0 Å². The van der Waals surface area contributed by atoms with Crippen LogP contribution in [0.2, 0.25) is 0 Å². The number of hydrogen-bond acceptors (Lipinski definition) is 6. The number of halogens is 1. The van der Waals surface area contributed by atoms with Crippen molar-refractivity contribution in [3.8, 4) is 16.9 Å². The van der Waals surface area contributed by atoms with E-state index in [1.54, 1.807) is 12.1 Å². The second-order valence-corrected chi connectivity index (χ2v) is 14.0. The molecule has 248 valence electrons. The number of carbonyl (C=O) groups is 1. The molecule has 2 heterocycles. The summed E-state index contributed by atoms with van der Waals surface area (Å²) in [6.07, 6.45) is 1.37. The first-order valence-corrected chi connectivity index (χ1v) is 16.3. The molecular weight excluding hydrogens is 593 g/mol. The lowest BCUT2D eigenvalue weighted by Crippen LogP contribution is -2.39. The van der Waals surface area contributed by atoms with Crippen LogP contribution in [0.5, 0.6) is 5.75 Å². The van der Waals surface area contributed by atoms with Crippen molar-refractivity contribution in [2.75, 3.05) is 29.9 Å². The van der Waals surface area contributed by atoms with E-state index in [4.69, 9.17) is 14.5 Å². The van der Waals surface area contributed by atoms with E-state index in [9.17, 15) is 14.3 Å². The first-order chi connectivity index (χ1) is 22.3. The molecule has 0 radical (unpaired) electrons. The highest BCUT2D eigenvalue weighted by molar-refractivity contribution is 5.93. The van der Waals surface area contributed by atoms with Crippen LogP contribution in [0, 0.1) is 18.2 Å². The Morgan fingerprint density at radius 3 is 2.23 bits per heavy atom. The maximum Gasteiger partial charge on any atom is 0.337 e. The van der Waals surface area contributed by atoms with Crippen molar-refractivity contribution in [2.24, 2.45) is 5.41 Å². The molecule has 1 unspecified atom stereocenters. The second-order valence-electron chi connectivity index (χ2n) is 14.0. The summed E-state index contributed by atoms with van der Waals surface area (Å²) >= 11 is 0. The zero-order chi connectivity index (χ0) is 33.8. The molecule has 1 aliphatic heterocycles. The summed E-state index contributed by atoms with van der Waals surface area (Å²) in [4.78, 5) is 20.3. The van der Waals surface area contributed by atoms with Crippen molar-refractivity contribution in [1.82, 2.24) is 4.98 Å². The van der Waals surface area contributed by atoms with E-state index in [-0.39, 0.29) is 11.2 Å². The Hall–Kier alpha value is -4.43. The van der Waals surface area contributed by atoms with Gasteiger partial charge in [-0.05, 0) is 93.5 Å². The number of carboxylic acid groups (broad SMARTS) is 1. The molecule has 4 aromatic rings. The van der Waals surface area contributed by atoms with E-state index in [0.717, 1.165) is 54.0 Å². The predicted octanol–water partition coefficient (Wildman–Crippen LogP) is 9.13. The Kier molecular flexibility index (Phi) is 10.2. The maximum absolute atomic E-state index is 13.3. The zero-order valence-electron chi connectivity index (χ0n) is 28.3. The number of aliphatic carboxylic acids is 1. The molecular formula is C39H46FN3O4. The van der Waals surface area contributed by atoms with Gasteiger partial charge in [0.1, 0.15) is 17.4 Å². The summed E-state index contributed by atoms with van der Waals surface area (Å²) in [5.74, 6) is 0.0343. The molecule has 8 heteroatoms. The van der Waals surface area contributed by atoms with Gasteiger partial charge in [-0.25, -0.2) is 14.2 Å². The summed E-state index contributed by atoms with van der Waals surface area (Å²) in [5.41, 5.74) is 5.05. The van der Waals surface area contributed by atoms with Crippen LogP contribution in [0.25, 0.3) is 11.1 Å². The first-order valence-electron chi connectivity index (χ1n) is 16.3. The molecule has 5 rings (SSSR count). The van der Waals surface area contributed by atoms with Gasteiger partial charge < -0.3 is 24.8 Å². The van der Waals surface area contributed by atoms with E-state index >= 15 is 0 Å². The Labute approximate surface area is 277 Å². The van der Waals surface area contributed by atoms with Crippen molar-refractivity contribution in [1.29, 1.82) is 0 Å². The minimum Gasteiger partial charge on any atom is -0.493 e. The van der Waals surface area contributed by atoms with Gasteiger partial charge in [-0.2, -0.15) is 0 Å². The summed E-state index contributed by atoms with van der Waals surface area (Å²) in [5, 5.41) is 14.1. The number of rotatable bonds is 11. The number of anilines is 3. The molecule has 0 aliphatic carbocycles. The first kappa shape index (κ1) is 33.9. The monoisotopic (exact) mass is 639 g/mol. The Morgan fingerprint density at radius 2 is 1.64 bits per heavy atom. The van der Waals surface area contributed by atoms with Crippen LogP contribution in [-0.2, 0) is 16.0 Å². The van der Waals surface area contributed by atoms with Gasteiger partial charge in [0.05, 0.1) is 17.9 Å². The van der Waals surface area contributed by atoms with Gasteiger partial charge in [0, 0.05) is 42.0 Å². The van der Waals surface area contributed by atoms with Crippen molar-refractivity contribution < 1.29 is 23.8 Å². The lowest BCUT2D eigenvalue weighted by molar-refractivity contribution is -0.160. The highest BCUT2D eigenvalue weighted by Gasteiger charge is 2.37. The molecule has 0 saturated carbocycles. The number of hydrogen-bond donors (Lipinski definition) is 2. The number of nitrogens with one attached hydrogen (secondary N) is 1. The number of ether oxygens (including phenoxy) is 2. The van der Waals surface area contributed by atoms with Gasteiger partial charge in [-0.3, -0.25) is 0 Å². The third-order valence-corrected chi connectivity index (χ3v) is 8.54. The summed E-state index contributed by atoms with van der Waals surface area (Å²) in [6.45, 7) is 14.0. The average Bonchev–Trinajstić information content (AvgIpc) is 3.01. The molecule has 2 N–H and O–H groups in total. The standard InChI is InChI=1S/C39H46FN3O4/c1-26-32(35(37(44)45)47-38(2,3)4)34(43-23-21-39(5,6)22-24-43)33(36(41-26)42-30-10-8-7-9-11-30)28-14-18-31(19-15-28)46-25-20-27-12-16-29(40)17-13-27/h7-19,35H,20-25H2,1-6H3,(H,41,42)(H,44,45). The Bertz CT molecular complexity index is 1660. The van der Waals surface area contributed by atoms with Gasteiger partial charge in [0.25, 0.3) is 0 Å². The quantitative estimate of drug-likeness (QED) is 0.169. The van der Waals surface area contributed by atoms with Gasteiger partial charge in [-0.15, -0.1) is 0 Å². The topological polar surface area (TPSA) is 83.9 Å². The van der Waals surface area contributed by atoms with Gasteiger partial charge in [-0.1, -0.05) is 56.3 Å². The highest BCUT2D eigenvalue weighted by atomic mass is 19.1. The van der Waals surface area contributed by atoms with Crippen molar-refractivity contribution in [3.05, 3.63) is 102 Å².